The number of rotatable bonds is 4. The summed E-state index contributed by atoms with van der Waals surface area (Å²) in [5.74, 6) is -0.292. The Hall–Kier alpha value is -0.870. The summed E-state index contributed by atoms with van der Waals surface area (Å²) in [7, 11) is 1.40. The van der Waals surface area contributed by atoms with E-state index in [1.54, 1.807) is 0 Å². The van der Waals surface area contributed by atoms with Gasteiger partial charge in [0.1, 0.15) is 0 Å². The van der Waals surface area contributed by atoms with Crippen LogP contribution in [0.3, 0.4) is 0 Å². The fourth-order valence-electron chi connectivity index (χ4n) is 2.70. The van der Waals surface area contributed by atoms with E-state index in [1.165, 1.54) is 38.5 Å². The van der Waals surface area contributed by atoms with E-state index in [4.69, 9.17) is 4.74 Å². The molecule has 0 saturated carbocycles. The number of hydrogen-bond donors (Lipinski definition) is 0. The van der Waals surface area contributed by atoms with Gasteiger partial charge in [-0.15, -0.1) is 0 Å². The van der Waals surface area contributed by atoms with Gasteiger partial charge >= 0.3 is 5.97 Å². The Balaban J connectivity index is 2.11. The summed E-state index contributed by atoms with van der Waals surface area (Å²) < 4.78 is 5.71. The highest BCUT2D eigenvalue weighted by Crippen LogP contribution is 2.26. The minimum atomic E-state index is -0.292. The minimum absolute atomic E-state index is 0.292. The monoisotopic (exact) mass is 325 g/mol. The van der Waals surface area contributed by atoms with Crippen molar-refractivity contribution in [1.29, 1.82) is 0 Å². The molecule has 2 rings (SSSR count). The van der Waals surface area contributed by atoms with Crippen LogP contribution in [0.2, 0.25) is 0 Å². The van der Waals surface area contributed by atoms with E-state index in [1.807, 2.05) is 18.2 Å². The Morgan fingerprint density at radius 1 is 1.53 bits per heavy atom. The lowest BCUT2D eigenvalue weighted by Crippen LogP contribution is -2.28. The summed E-state index contributed by atoms with van der Waals surface area (Å²) in [6, 6.07) is 6.40. The number of methoxy groups -OCH3 is 1. The number of likely N-dealkylation sites (tertiary alicyclic amines) is 1. The van der Waals surface area contributed by atoms with Crippen LogP contribution < -0.4 is 0 Å². The molecular formula is C15H20BrNO2. The molecule has 1 atom stereocenters. The van der Waals surface area contributed by atoms with Gasteiger partial charge in [0.25, 0.3) is 0 Å². The Morgan fingerprint density at radius 2 is 2.32 bits per heavy atom. The highest BCUT2D eigenvalue weighted by molar-refractivity contribution is 9.10. The van der Waals surface area contributed by atoms with Crippen molar-refractivity contribution in [3.05, 3.63) is 33.8 Å². The van der Waals surface area contributed by atoms with Crippen LogP contribution in [0, 0.1) is 0 Å². The second-order valence-corrected chi connectivity index (χ2v) is 5.83. The molecule has 104 valence electrons. The van der Waals surface area contributed by atoms with Crippen molar-refractivity contribution in [3.63, 3.8) is 0 Å². The lowest BCUT2D eigenvalue weighted by Gasteiger charge is -2.23. The average molecular weight is 326 g/mol. The minimum Gasteiger partial charge on any atom is -0.465 e. The third-order valence-electron chi connectivity index (χ3n) is 3.82. The molecule has 0 radical (unpaired) electrons. The van der Waals surface area contributed by atoms with E-state index in [2.05, 4.69) is 27.8 Å². The van der Waals surface area contributed by atoms with E-state index in [0.717, 1.165) is 11.0 Å². The Bertz CT molecular complexity index is 461. The van der Waals surface area contributed by atoms with Crippen molar-refractivity contribution in [3.8, 4) is 0 Å². The van der Waals surface area contributed by atoms with Crippen LogP contribution in [-0.2, 0) is 11.3 Å². The van der Waals surface area contributed by atoms with Crippen LogP contribution >= 0.6 is 15.9 Å². The van der Waals surface area contributed by atoms with Crippen molar-refractivity contribution in [1.82, 2.24) is 4.90 Å². The summed E-state index contributed by atoms with van der Waals surface area (Å²) in [4.78, 5) is 14.0. The van der Waals surface area contributed by atoms with Gasteiger partial charge in [-0.05, 0) is 43.5 Å². The van der Waals surface area contributed by atoms with Crippen molar-refractivity contribution < 1.29 is 9.53 Å². The first-order chi connectivity index (χ1) is 9.15. The highest BCUT2D eigenvalue weighted by atomic mass is 79.9. The maximum absolute atomic E-state index is 11.5. The second-order valence-electron chi connectivity index (χ2n) is 4.97. The molecule has 1 aromatic rings. The molecule has 1 saturated heterocycles. The number of carbonyl (C=O) groups excluding carboxylic acids is 1. The molecule has 1 aliphatic rings. The SMILES string of the molecule is CCC1CCCN1Cc1ccc(C(=O)OC)cc1Br. The van der Waals surface area contributed by atoms with Gasteiger partial charge in [0.05, 0.1) is 12.7 Å². The molecular weight excluding hydrogens is 306 g/mol. The quantitative estimate of drug-likeness (QED) is 0.792. The van der Waals surface area contributed by atoms with Gasteiger partial charge in [0.15, 0.2) is 0 Å². The van der Waals surface area contributed by atoms with Crippen LogP contribution in [-0.4, -0.2) is 30.6 Å². The summed E-state index contributed by atoms with van der Waals surface area (Å²) >= 11 is 3.56. The molecule has 0 aliphatic carbocycles. The maximum atomic E-state index is 11.5. The average Bonchev–Trinajstić information content (AvgIpc) is 2.87. The normalized spacial score (nSPS) is 19.6. The van der Waals surface area contributed by atoms with E-state index in [0.29, 0.717) is 11.6 Å². The van der Waals surface area contributed by atoms with Gasteiger partial charge in [-0.3, -0.25) is 4.90 Å². The van der Waals surface area contributed by atoms with Crippen LogP contribution in [0.25, 0.3) is 0 Å². The van der Waals surface area contributed by atoms with E-state index >= 15 is 0 Å². The molecule has 0 bridgehead atoms. The third-order valence-corrected chi connectivity index (χ3v) is 4.56. The molecule has 0 N–H and O–H groups in total. The molecule has 1 aliphatic heterocycles. The predicted molar refractivity (Wildman–Crippen MR) is 79.2 cm³/mol. The Morgan fingerprint density at radius 3 is 2.95 bits per heavy atom. The first kappa shape index (κ1) is 14.5. The second kappa shape index (κ2) is 6.53. The largest absolute Gasteiger partial charge is 0.465 e. The Labute approximate surface area is 123 Å². The van der Waals surface area contributed by atoms with Crippen LogP contribution in [0.15, 0.2) is 22.7 Å². The molecule has 1 aromatic carbocycles. The fourth-order valence-corrected chi connectivity index (χ4v) is 3.21. The van der Waals surface area contributed by atoms with Crippen molar-refractivity contribution in [2.75, 3.05) is 13.7 Å². The molecule has 4 heteroatoms. The number of hydrogen-bond acceptors (Lipinski definition) is 3. The maximum Gasteiger partial charge on any atom is 0.337 e. The van der Waals surface area contributed by atoms with Gasteiger partial charge in [0, 0.05) is 17.1 Å². The summed E-state index contributed by atoms with van der Waals surface area (Å²) in [6.45, 7) is 4.36. The number of halogens is 1. The van der Waals surface area contributed by atoms with Gasteiger partial charge in [-0.1, -0.05) is 28.9 Å². The number of carbonyl (C=O) groups is 1. The predicted octanol–water partition coefficient (Wildman–Crippen LogP) is 3.61. The molecule has 1 heterocycles. The summed E-state index contributed by atoms with van der Waals surface area (Å²) in [6.07, 6.45) is 3.79. The molecule has 0 aromatic heterocycles. The highest BCUT2D eigenvalue weighted by Gasteiger charge is 2.23. The van der Waals surface area contributed by atoms with Crippen molar-refractivity contribution in [2.45, 2.75) is 38.8 Å². The van der Waals surface area contributed by atoms with Gasteiger partial charge in [-0.25, -0.2) is 4.79 Å². The smallest absolute Gasteiger partial charge is 0.337 e. The lowest BCUT2D eigenvalue weighted by atomic mass is 10.1. The van der Waals surface area contributed by atoms with E-state index in [-0.39, 0.29) is 5.97 Å². The zero-order valence-corrected chi connectivity index (χ0v) is 13.1. The lowest BCUT2D eigenvalue weighted by molar-refractivity contribution is 0.0600. The number of esters is 1. The fraction of sp³-hybridized carbons (Fsp3) is 0.533. The summed E-state index contributed by atoms with van der Waals surface area (Å²) in [5.41, 5.74) is 1.82. The van der Waals surface area contributed by atoms with Crippen molar-refractivity contribution in [2.24, 2.45) is 0 Å². The van der Waals surface area contributed by atoms with Gasteiger partial charge in [0.2, 0.25) is 0 Å². The van der Waals surface area contributed by atoms with Gasteiger partial charge < -0.3 is 4.74 Å². The van der Waals surface area contributed by atoms with Crippen LogP contribution in [0.1, 0.15) is 42.1 Å². The zero-order valence-electron chi connectivity index (χ0n) is 11.5. The first-order valence-corrected chi connectivity index (χ1v) is 7.55. The van der Waals surface area contributed by atoms with Gasteiger partial charge in [-0.2, -0.15) is 0 Å². The molecule has 3 nitrogen and oxygen atoms in total. The summed E-state index contributed by atoms with van der Waals surface area (Å²) in [5, 5.41) is 0. The van der Waals surface area contributed by atoms with Crippen molar-refractivity contribution >= 4 is 21.9 Å². The van der Waals surface area contributed by atoms with Crippen LogP contribution in [0.5, 0.6) is 0 Å². The standard InChI is InChI=1S/C15H20BrNO2/c1-3-13-5-4-8-17(13)10-12-7-6-11(9-14(12)16)15(18)19-2/h6-7,9,13H,3-5,8,10H2,1-2H3. The third kappa shape index (κ3) is 3.37. The number of nitrogens with zero attached hydrogens (tertiary/aromatic N) is 1. The van der Waals surface area contributed by atoms with E-state index < -0.39 is 0 Å². The topological polar surface area (TPSA) is 29.5 Å². The molecule has 0 spiro atoms. The van der Waals surface area contributed by atoms with E-state index in [9.17, 15) is 4.79 Å². The first-order valence-electron chi connectivity index (χ1n) is 6.76. The molecule has 1 fully saturated rings. The van der Waals surface area contributed by atoms with Crippen LogP contribution in [0.4, 0.5) is 0 Å². The zero-order chi connectivity index (χ0) is 13.8. The number of ether oxygens (including phenoxy) is 1. The molecule has 1 unspecified atom stereocenters. The number of benzene rings is 1. The molecule has 19 heavy (non-hydrogen) atoms. The Kier molecular flexibility index (Phi) is 4.99. The molecule has 0 amide bonds.